The van der Waals surface area contributed by atoms with Crippen molar-refractivity contribution in [1.82, 2.24) is 4.98 Å². The molecule has 1 aromatic carbocycles. The lowest BCUT2D eigenvalue weighted by Crippen LogP contribution is -2.19. The van der Waals surface area contributed by atoms with E-state index in [1.165, 1.54) is 19.3 Å². The minimum Gasteiger partial charge on any atom is -0.493 e. The van der Waals surface area contributed by atoms with Gasteiger partial charge in [0.1, 0.15) is 10.4 Å². The highest BCUT2D eigenvalue weighted by Crippen LogP contribution is 2.33. The second-order valence-corrected chi connectivity index (χ2v) is 5.69. The second kappa shape index (κ2) is 4.85. The van der Waals surface area contributed by atoms with Crippen LogP contribution in [0.1, 0.15) is 24.8 Å². The maximum Gasteiger partial charge on any atom is 0.130 e. The summed E-state index contributed by atoms with van der Waals surface area (Å²) < 4.78 is 6.66. The maximum absolute atomic E-state index is 6.21. The Morgan fingerprint density at radius 1 is 1.42 bits per heavy atom. The smallest absolute Gasteiger partial charge is 0.130 e. The van der Waals surface area contributed by atoms with Crippen molar-refractivity contribution in [3.05, 3.63) is 28.4 Å². The van der Waals surface area contributed by atoms with Gasteiger partial charge in [-0.2, -0.15) is 0 Å². The van der Waals surface area contributed by atoms with E-state index in [9.17, 15) is 0 Å². The molecule has 2 aromatic rings. The number of H-pyrrole nitrogens is 1. The highest BCUT2D eigenvalue weighted by Gasteiger charge is 2.18. The molecule has 3 N–H and O–H groups in total. The molecule has 1 aliphatic rings. The van der Waals surface area contributed by atoms with Crippen LogP contribution in [0.5, 0.6) is 5.75 Å². The molecule has 0 amide bonds. The van der Waals surface area contributed by atoms with Crippen LogP contribution in [-0.2, 0) is 0 Å². The summed E-state index contributed by atoms with van der Waals surface area (Å²) in [5, 5.41) is 0.952. The number of anilines is 1. The summed E-state index contributed by atoms with van der Waals surface area (Å²) in [7, 11) is 0. The molecule has 0 atom stereocenters. The summed E-state index contributed by atoms with van der Waals surface area (Å²) in [4.78, 5) is 3.21. The van der Waals surface area contributed by atoms with Crippen molar-refractivity contribution >= 4 is 28.8 Å². The number of aromatic nitrogens is 1. The molecule has 100 valence electrons. The van der Waals surface area contributed by atoms with E-state index in [1.54, 1.807) is 0 Å². The molecule has 3 nitrogen and oxygen atoms in total. The number of nitrogens with one attached hydrogen (secondary N) is 1. The summed E-state index contributed by atoms with van der Waals surface area (Å²) in [6, 6.07) is 5.93. The van der Waals surface area contributed by atoms with Gasteiger partial charge in [-0.1, -0.05) is 24.7 Å². The average molecular weight is 274 g/mol. The lowest BCUT2D eigenvalue weighted by molar-refractivity contribution is 0.182. The molecule has 0 aliphatic heterocycles. The first-order valence-electron chi connectivity index (χ1n) is 6.70. The number of hydrogen-bond donors (Lipinski definition) is 2. The van der Waals surface area contributed by atoms with Gasteiger partial charge in [-0.25, -0.2) is 0 Å². The fourth-order valence-electron chi connectivity index (χ4n) is 2.43. The average Bonchev–Trinajstić information content (AvgIpc) is 2.34. The van der Waals surface area contributed by atoms with E-state index in [0.29, 0.717) is 10.6 Å². The monoisotopic (exact) mass is 274 g/mol. The van der Waals surface area contributed by atoms with Crippen molar-refractivity contribution in [3.63, 3.8) is 0 Å². The van der Waals surface area contributed by atoms with Gasteiger partial charge in [0.05, 0.1) is 23.2 Å². The van der Waals surface area contributed by atoms with Crippen LogP contribution >= 0.6 is 12.2 Å². The van der Waals surface area contributed by atoms with Crippen LogP contribution in [0.15, 0.2) is 18.2 Å². The number of ether oxygens (including phenoxy) is 1. The molecule has 1 aliphatic carbocycles. The van der Waals surface area contributed by atoms with Crippen LogP contribution in [0.2, 0.25) is 0 Å². The third-order valence-electron chi connectivity index (χ3n) is 3.99. The zero-order valence-electron chi connectivity index (χ0n) is 11.0. The predicted octanol–water partition coefficient (Wildman–Crippen LogP) is 3.97. The van der Waals surface area contributed by atoms with E-state index in [4.69, 9.17) is 22.7 Å². The lowest BCUT2D eigenvalue weighted by Gasteiger charge is -2.25. The number of aromatic amines is 1. The lowest BCUT2D eigenvalue weighted by atomic mass is 9.86. The Hall–Kier alpha value is -1.55. The molecule has 1 aromatic heterocycles. The topological polar surface area (TPSA) is 51.0 Å². The second-order valence-electron chi connectivity index (χ2n) is 5.28. The molecule has 0 saturated heterocycles. The van der Waals surface area contributed by atoms with Crippen LogP contribution in [0.25, 0.3) is 10.9 Å². The molecule has 0 unspecified atom stereocenters. The zero-order valence-corrected chi connectivity index (χ0v) is 11.8. The summed E-state index contributed by atoms with van der Waals surface area (Å²) in [5.74, 6) is 1.57. The van der Waals surface area contributed by atoms with Crippen LogP contribution in [0.4, 0.5) is 5.69 Å². The third-order valence-corrected chi connectivity index (χ3v) is 4.40. The predicted molar refractivity (Wildman–Crippen MR) is 81.1 cm³/mol. The van der Waals surface area contributed by atoms with E-state index in [-0.39, 0.29) is 0 Å². The first kappa shape index (κ1) is 12.5. The standard InChI is InChI=1S/C15H18N2OS/c1-9-14(16)13-11(17-15(9)19)6-3-7-12(13)18-8-10-4-2-5-10/h3,6-7,10H,2,4-5,8H2,1H3,(H3,16,17,19). The summed E-state index contributed by atoms with van der Waals surface area (Å²) in [6.07, 6.45) is 3.89. The molecule has 0 radical (unpaired) electrons. The fourth-order valence-corrected chi connectivity index (χ4v) is 2.65. The highest BCUT2D eigenvalue weighted by molar-refractivity contribution is 7.71. The van der Waals surface area contributed by atoms with Crippen LogP contribution in [-0.4, -0.2) is 11.6 Å². The normalized spacial score (nSPS) is 15.4. The molecule has 1 saturated carbocycles. The van der Waals surface area contributed by atoms with Crippen molar-refractivity contribution in [1.29, 1.82) is 0 Å². The van der Waals surface area contributed by atoms with Crippen LogP contribution in [0, 0.1) is 17.5 Å². The molecule has 1 fully saturated rings. The number of pyridine rings is 1. The van der Waals surface area contributed by atoms with Crippen molar-refractivity contribution in [2.45, 2.75) is 26.2 Å². The molecule has 4 heteroatoms. The SMILES string of the molecule is Cc1c(N)c2c(OCC3CCC3)cccc2[nH]c1=S. The summed E-state index contributed by atoms with van der Waals surface area (Å²) >= 11 is 5.27. The summed E-state index contributed by atoms with van der Waals surface area (Å²) in [6.45, 7) is 2.73. The Morgan fingerprint density at radius 3 is 2.89 bits per heavy atom. The van der Waals surface area contributed by atoms with E-state index < -0.39 is 0 Å². The van der Waals surface area contributed by atoms with Crippen molar-refractivity contribution in [3.8, 4) is 5.75 Å². The largest absolute Gasteiger partial charge is 0.493 e. The van der Waals surface area contributed by atoms with Crippen LogP contribution < -0.4 is 10.5 Å². The minimum atomic E-state index is 0.696. The Kier molecular flexibility index (Phi) is 3.19. The van der Waals surface area contributed by atoms with Gasteiger partial charge >= 0.3 is 0 Å². The van der Waals surface area contributed by atoms with Crippen molar-refractivity contribution < 1.29 is 4.74 Å². The van der Waals surface area contributed by atoms with Gasteiger partial charge in [0.15, 0.2) is 0 Å². The highest BCUT2D eigenvalue weighted by atomic mass is 32.1. The number of nitrogen functional groups attached to an aromatic ring is 1. The van der Waals surface area contributed by atoms with Gasteiger partial charge in [-0.3, -0.25) is 0 Å². The Morgan fingerprint density at radius 2 is 2.21 bits per heavy atom. The number of fused-ring (bicyclic) bond motifs is 1. The number of benzene rings is 1. The molecular formula is C15H18N2OS. The van der Waals surface area contributed by atoms with Gasteiger partial charge in [-0.15, -0.1) is 0 Å². The van der Waals surface area contributed by atoms with Gasteiger partial charge < -0.3 is 15.5 Å². The molecule has 0 spiro atoms. The number of nitrogens with two attached hydrogens (primary N) is 1. The molecule has 0 bridgehead atoms. The molecular weight excluding hydrogens is 256 g/mol. The molecule has 3 rings (SSSR count). The first-order chi connectivity index (χ1) is 9.16. The molecule has 1 heterocycles. The minimum absolute atomic E-state index is 0.696. The fraction of sp³-hybridized carbons (Fsp3) is 0.400. The van der Waals surface area contributed by atoms with Crippen molar-refractivity contribution in [2.75, 3.05) is 12.3 Å². The Bertz CT molecular complexity index is 674. The van der Waals surface area contributed by atoms with E-state index in [1.807, 2.05) is 25.1 Å². The maximum atomic E-state index is 6.21. The molecule has 19 heavy (non-hydrogen) atoms. The quantitative estimate of drug-likeness (QED) is 0.833. The van der Waals surface area contributed by atoms with Crippen molar-refractivity contribution in [2.24, 2.45) is 5.92 Å². The van der Waals surface area contributed by atoms with Gasteiger partial charge in [0, 0.05) is 5.56 Å². The van der Waals surface area contributed by atoms with E-state index in [2.05, 4.69) is 4.98 Å². The third kappa shape index (κ3) is 2.21. The van der Waals surface area contributed by atoms with Gasteiger partial charge in [0.2, 0.25) is 0 Å². The van der Waals surface area contributed by atoms with E-state index >= 15 is 0 Å². The van der Waals surface area contributed by atoms with Crippen LogP contribution in [0.3, 0.4) is 0 Å². The Labute approximate surface area is 117 Å². The van der Waals surface area contributed by atoms with Gasteiger partial charge in [-0.05, 0) is 37.8 Å². The Balaban J connectivity index is 2.03. The van der Waals surface area contributed by atoms with Gasteiger partial charge in [0.25, 0.3) is 0 Å². The first-order valence-corrected chi connectivity index (χ1v) is 7.11. The van der Waals surface area contributed by atoms with E-state index in [0.717, 1.165) is 34.5 Å². The number of hydrogen-bond acceptors (Lipinski definition) is 3. The number of rotatable bonds is 3. The summed E-state index contributed by atoms with van der Waals surface area (Å²) in [5.41, 5.74) is 8.79. The zero-order chi connectivity index (χ0) is 13.4.